The van der Waals surface area contributed by atoms with Crippen LogP contribution in [0.2, 0.25) is 0 Å². The normalized spacial score (nSPS) is 22.5. The molecule has 2 rings (SSSR count). The Bertz CT molecular complexity index is 430. The molecule has 1 aliphatic heterocycles. The van der Waals surface area contributed by atoms with Crippen molar-refractivity contribution in [1.82, 2.24) is 10.6 Å². The van der Waals surface area contributed by atoms with E-state index >= 15 is 0 Å². The maximum atomic E-state index is 13.2. The largest absolute Gasteiger partial charge is 0.314 e. The molecular formula is C16H24F2N2. The Kier molecular flexibility index (Phi) is 5.49. The van der Waals surface area contributed by atoms with E-state index in [1.54, 1.807) is 6.07 Å². The molecule has 0 aliphatic carbocycles. The van der Waals surface area contributed by atoms with Crippen molar-refractivity contribution in [3.63, 3.8) is 0 Å². The smallest absolute Gasteiger partial charge is 0.159 e. The average Bonchev–Trinajstić information content (AvgIpc) is 2.42. The number of hydrogen-bond acceptors (Lipinski definition) is 2. The first-order valence-corrected chi connectivity index (χ1v) is 7.50. The molecule has 2 N–H and O–H groups in total. The second kappa shape index (κ2) is 7.14. The van der Waals surface area contributed by atoms with E-state index in [0.29, 0.717) is 12.1 Å². The molecule has 0 bridgehead atoms. The molecule has 0 saturated carbocycles. The molecule has 2 nitrogen and oxygen atoms in total. The van der Waals surface area contributed by atoms with Gasteiger partial charge in [0.1, 0.15) is 0 Å². The summed E-state index contributed by atoms with van der Waals surface area (Å²) in [5, 5.41) is 6.99. The summed E-state index contributed by atoms with van der Waals surface area (Å²) >= 11 is 0. The third kappa shape index (κ3) is 4.25. The van der Waals surface area contributed by atoms with Crippen LogP contribution in [0.4, 0.5) is 8.78 Å². The molecule has 1 aromatic rings. The molecule has 1 heterocycles. The van der Waals surface area contributed by atoms with Gasteiger partial charge in [-0.15, -0.1) is 0 Å². The number of hydrogen-bond donors (Lipinski definition) is 2. The second-order valence-electron chi connectivity index (χ2n) is 5.85. The minimum Gasteiger partial charge on any atom is -0.314 e. The van der Waals surface area contributed by atoms with Crippen molar-refractivity contribution in [2.45, 2.75) is 57.7 Å². The summed E-state index contributed by atoms with van der Waals surface area (Å²) in [7, 11) is 0. The van der Waals surface area contributed by atoms with Crippen LogP contribution in [0.15, 0.2) is 18.2 Å². The minimum absolute atomic E-state index is 0.0173. The van der Waals surface area contributed by atoms with Gasteiger partial charge >= 0.3 is 0 Å². The molecule has 1 fully saturated rings. The fraction of sp³-hybridized carbons (Fsp3) is 0.625. The second-order valence-corrected chi connectivity index (χ2v) is 5.85. The van der Waals surface area contributed by atoms with E-state index in [1.807, 2.05) is 6.92 Å². The van der Waals surface area contributed by atoms with Gasteiger partial charge in [-0.05, 0) is 57.4 Å². The summed E-state index contributed by atoms with van der Waals surface area (Å²) in [4.78, 5) is 0. The standard InChI is InChI=1S/C16H24F2N2/c1-11(9-14-5-3-4-8-19-14)20-12(2)13-6-7-15(17)16(18)10-13/h6-7,10-12,14,19-20H,3-5,8-9H2,1-2H3. The lowest BCUT2D eigenvalue weighted by Gasteiger charge is -2.28. The van der Waals surface area contributed by atoms with Gasteiger partial charge in [-0.3, -0.25) is 0 Å². The lowest BCUT2D eigenvalue weighted by atomic mass is 9.98. The van der Waals surface area contributed by atoms with Crippen molar-refractivity contribution in [3.8, 4) is 0 Å². The third-order valence-electron chi connectivity index (χ3n) is 4.03. The molecule has 3 unspecified atom stereocenters. The average molecular weight is 282 g/mol. The summed E-state index contributed by atoms with van der Waals surface area (Å²) < 4.78 is 26.2. The Morgan fingerprint density at radius 1 is 1.25 bits per heavy atom. The third-order valence-corrected chi connectivity index (χ3v) is 4.03. The number of halogens is 2. The monoisotopic (exact) mass is 282 g/mol. The topological polar surface area (TPSA) is 24.1 Å². The zero-order chi connectivity index (χ0) is 14.5. The molecule has 112 valence electrons. The summed E-state index contributed by atoms with van der Waals surface area (Å²) in [6.07, 6.45) is 4.85. The number of benzene rings is 1. The molecule has 0 spiro atoms. The highest BCUT2D eigenvalue weighted by Crippen LogP contribution is 2.18. The lowest BCUT2D eigenvalue weighted by Crippen LogP contribution is -2.40. The van der Waals surface area contributed by atoms with Gasteiger partial charge < -0.3 is 10.6 Å². The lowest BCUT2D eigenvalue weighted by molar-refractivity contribution is 0.333. The molecule has 3 atom stereocenters. The van der Waals surface area contributed by atoms with Crippen LogP contribution in [0.3, 0.4) is 0 Å². The van der Waals surface area contributed by atoms with E-state index in [9.17, 15) is 8.78 Å². The van der Waals surface area contributed by atoms with Gasteiger partial charge in [-0.25, -0.2) is 8.78 Å². The van der Waals surface area contributed by atoms with Crippen LogP contribution in [0.25, 0.3) is 0 Å². The van der Waals surface area contributed by atoms with E-state index in [0.717, 1.165) is 18.5 Å². The molecule has 0 radical (unpaired) electrons. The number of piperidine rings is 1. The predicted molar refractivity (Wildman–Crippen MR) is 77.6 cm³/mol. The van der Waals surface area contributed by atoms with Crippen molar-refractivity contribution < 1.29 is 8.78 Å². The van der Waals surface area contributed by atoms with Gasteiger partial charge in [0, 0.05) is 18.1 Å². The SMILES string of the molecule is CC(CC1CCCCN1)NC(C)c1ccc(F)c(F)c1. The van der Waals surface area contributed by atoms with Crippen molar-refractivity contribution in [1.29, 1.82) is 0 Å². The van der Waals surface area contributed by atoms with Crippen LogP contribution in [0.5, 0.6) is 0 Å². The van der Waals surface area contributed by atoms with Crippen LogP contribution >= 0.6 is 0 Å². The molecule has 0 amide bonds. The fourth-order valence-corrected chi connectivity index (χ4v) is 2.92. The van der Waals surface area contributed by atoms with Crippen molar-refractivity contribution in [2.75, 3.05) is 6.54 Å². The Hall–Kier alpha value is -1.00. The first kappa shape index (κ1) is 15.4. The summed E-state index contributed by atoms with van der Waals surface area (Å²) in [5.74, 6) is -1.57. The first-order valence-electron chi connectivity index (χ1n) is 7.50. The maximum Gasteiger partial charge on any atom is 0.159 e. The summed E-state index contributed by atoms with van der Waals surface area (Å²) in [6.45, 7) is 5.24. The molecule has 1 saturated heterocycles. The highest BCUT2D eigenvalue weighted by molar-refractivity contribution is 5.20. The quantitative estimate of drug-likeness (QED) is 0.863. The summed E-state index contributed by atoms with van der Waals surface area (Å²) in [6, 6.07) is 5.04. The molecule has 20 heavy (non-hydrogen) atoms. The fourth-order valence-electron chi connectivity index (χ4n) is 2.92. The van der Waals surface area contributed by atoms with E-state index in [2.05, 4.69) is 17.6 Å². The molecule has 0 aromatic heterocycles. The zero-order valence-corrected chi connectivity index (χ0v) is 12.3. The van der Waals surface area contributed by atoms with Crippen LogP contribution in [0, 0.1) is 11.6 Å². The molecule has 4 heteroatoms. The molecule has 1 aliphatic rings. The van der Waals surface area contributed by atoms with Gasteiger partial charge in [-0.1, -0.05) is 12.5 Å². The maximum absolute atomic E-state index is 13.2. The molecule has 1 aromatic carbocycles. The highest BCUT2D eigenvalue weighted by Gasteiger charge is 2.17. The van der Waals surface area contributed by atoms with Gasteiger partial charge in [0.15, 0.2) is 11.6 Å². The van der Waals surface area contributed by atoms with E-state index in [-0.39, 0.29) is 6.04 Å². The van der Waals surface area contributed by atoms with Crippen LogP contribution in [-0.4, -0.2) is 18.6 Å². The Labute approximate surface area is 120 Å². The summed E-state index contributed by atoms with van der Waals surface area (Å²) in [5.41, 5.74) is 0.785. The first-order chi connectivity index (χ1) is 9.56. The van der Waals surface area contributed by atoms with Gasteiger partial charge in [0.05, 0.1) is 0 Å². The molecular weight excluding hydrogens is 258 g/mol. The van der Waals surface area contributed by atoms with Gasteiger partial charge in [0.2, 0.25) is 0 Å². The van der Waals surface area contributed by atoms with Crippen molar-refractivity contribution in [3.05, 3.63) is 35.4 Å². The number of nitrogens with one attached hydrogen (secondary N) is 2. The van der Waals surface area contributed by atoms with E-state index in [4.69, 9.17) is 0 Å². The van der Waals surface area contributed by atoms with Crippen molar-refractivity contribution >= 4 is 0 Å². The highest BCUT2D eigenvalue weighted by atomic mass is 19.2. The van der Waals surface area contributed by atoms with E-state index < -0.39 is 11.6 Å². The van der Waals surface area contributed by atoms with Crippen LogP contribution < -0.4 is 10.6 Å². The number of rotatable bonds is 5. The van der Waals surface area contributed by atoms with Gasteiger partial charge in [0.25, 0.3) is 0 Å². The predicted octanol–water partition coefficient (Wildman–Crippen LogP) is 3.54. The Morgan fingerprint density at radius 2 is 2.05 bits per heavy atom. The Balaban J connectivity index is 1.86. The zero-order valence-electron chi connectivity index (χ0n) is 12.3. The van der Waals surface area contributed by atoms with Crippen molar-refractivity contribution in [2.24, 2.45) is 0 Å². The van der Waals surface area contributed by atoms with Gasteiger partial charge in [-0.2, -0.15) is 0 Å². The minimum atomic E-state index is -0.791. The van der Waals surface area contributed by atoms with Crippen LogP contribution in [0.1, 0.15) is 51.1 Å². The van der Waals surface area contributed by atoms with Crippen LogP contribution in [-0.2, 0) is 0 Å². The Morgan fingerprint density at radius 3 is 2.70 bits per heavy atom. The van der Waals surface area contributed by atoms with E-state index in [1.165, 1.54) is 31.4 Å².